The summed E-state index contributed by atoms with van der Waals surface area (Å²) in [5.41, 5.74) is 5.42. The number of rotatable bonds is 18. The van der Waals surface area contributed by atoms with E-state index in [0.717, 1.165) is 32.1 Å². The molecule has 0 saturated carbocycles. The van der Waals surface area contributed by atoms with Crippen LogP contribution in [0.5, 0.6) is 0 Å². The molecule has 26 heavy (non-hydrogen) atoms. The van der Waals surface area contributed by atoms with Gasteiger partial charge in [-0.05, 0) is 51.4 Å². The van der Waals surface area contributed by atoms with Crippen molar-refractivity contribution in [2.45, 2.75) is 103 Å². The lowest BCUT2D eigenvalue weighted by atomic mass is 10.1. The van der Waals surface area contributed by atoms with Crippen molar-refractivity contribution in [3.8, 4) is 0 Å². The second-order valence-corrected chi connectivity index (χ2v) is 7.06. The van der Waals surface area contributed by atoms with E-state index in [1.54, 1.807) is 0 Å². The zero-order valence-corrected chi connectivity index (χ0v) is 16.7. The Morgan fingerprint density at radius 2 is 1.54 bits per heavy atom. The summed E-state index contributed by atoms with van der Waals surface area (Å²) in [6.07, 6.45) is 19.2. The molecule has 1 amide bonds. The summed E-state index contributed by atoms with van der Waals surface area (Å²) in [5.74, 6) is -0.865. The number of nitrogens with two attached hydrogens (primary N) is 1. The monoisotopic (exact) mass is 368 g/mol. The Kier molecular flexibility index (Phi) is 17.5. The van der Waals surface area contributed by atoms with Gasteiger partial charge in [-0.1, -0.05) is 51.2 Å². The number of carboxylic acids is 1. The van der Waals surface area contributed by atoms with E-state index in [0.29, 0.717) is 19.4 Å². The first-order valence-corrected chi connectivity index (χ1v) is 10.5. The Labute approximate surface area is 159 Å². The van der Waals surface area contributed by atoms with Gasteiger partial charge in [-0.15, -0.1) is 0 Å². The summed E-state index contributed by atoms with van der Waals surface area (Å²) in [5, 5.41) is 11.6. The SMILES string of the molecule is CCCCCC/C=C/CCCCCCC(=O)NCCCC[C@H](N)C(=O)O. The highest BCUT2D eigenvalue weighted by molar-refractivity contribution is 5.75. The second-order valence-electron chi connectivity index (χ2n) is 7.06. The minimum atomic E-state index is -0.962. The van der Waals surface area contributed by atoms with Crippen LogP contribution in [0.3, 0.4) is 0 Å². The molecule has 0 fully saturated rings. The van der Waals surface area contributed by atoms with Crippen LogP contribution >= 0.6 is 0 Å². The van der Waals surface area contributed by atoms with Crippen molar-refractivity contribution in [1.29, 1.82) is 0 Å². The second kappa shape index (κ2) is 18.4. The lowest BCUT2D eigenvalue weighted by molar-refractivity contribution is -0.138. The maximum atomic E-state index is 11.7. The molecule has 0 aliphatic rings. The number of allylic oxidation sites excluding steroid dienone is 2. The molecule has 0 aromatic heterocycles. The van der Waals surface area contributed by atoms with Crippen molar-refractivity contribution in [3.05, 3.63) is 12.2 Å². The van der Waals surface area contributed by atoms with Crippen molar-refractivity contribution >= 4 is 11.9 Å². The van der Waals surface area contributed by atoms with Gasteiger partial charge in [-0.25, -0.2) is 0 Å². The van der Waals surface area contributed by atoms with E-state index in [-0.39, 0.29) is 5.91 Å². The normalized spacial score (nSPS) is 12.4. The number of carbonyl (C=O) groups excluding carboxylic acids is 1. The van der Waals surface area contributed by atoms with E-state index in [1.165, 1.54) is 44.9 Å². The molecule has 0 spiro atoms. The highest BCUT2D eigenvalue weighted by Gasteiger charge is 2.10. The molecule has 0 heterocycles. The van der Waals surface area contributed by atoms with Crippen molar-refractivity contribution < 1.29 is 14.7 Å². The largest absolute Gasteiger partial charge is 0.480 e. The molecule has 0 aliphatic heterocycles. The molecule has 5 nitrogen and oxygen atoms in total. The molecular weight excluding hydrogens is 328 g/mol. The van der Waals surface area contributed by atoms with Crippen LogP contribution in [0.25, 0.3) is 0 Å². The van der Waals surface area contributed by atoms with Crippen LogP contribution in [0.1, 0.15) is 96.8 Å². The molecule has 5 heteroatoms. The van der Waals surface area contributed by atoms with E-state index >= 15 is 0 Å². The molecule has 0 aromatic rings. The Bertz CT molecular complexity index is 383. The fourth-order valence-corrected chi connectivity index (χ4v) is 2.75. The number of carboxylic acid groups (broad SMARTS) is 1. The molecular formula is C21H40N2O3. The summed E-state index contributed by atoms with van der Waals surface area (Å²) in [4.78, 5) is 22.3. The Balaban J connectivity index is 3.31. The summed E-state index contributed by atoms with van der Waals surface area (Å²) < 4.78 is 0. The van der Waals surface area contributed by atoms with E-state index in [2.05, 4.69) is 24.4 Å². The molecule has 0 aromatic carbocycles. The van der Waals surface area contributed by atoms with Gasteiger partial charge in [0, 0.05) is 13.0 Å². The van der Waals surface area contributed by atoms with Gasteiger partial charge >= 0.3 is 5.97 Å². The molecule has 0 radical (unpaired) electrons. The predicted molar refractivity (Wildman–Crippen MR) is 108 cm³/mol. The van der Waals surface area contributed by atoms with Gasteiger partial charge < -0.3 is 16.2 Å². The van der Waals surface area contributed by atoms with E-state index in [9.17, 15) is 9.59 Å². The Hall–Kier alpha value is -1.36. The van der Waals surface area contributed by atoms with Gasteiger partial charge in [0.15, 0.2) is 0 Å². The lowest BCUT2D eigenvalue weighted by Gasteiger charge is -2.07. The van der Waals surface area contributed by atoms with Gasteiger partial charge in [0.25, 0.3) is 0 Å². The highest BCUT2D eigenvalue weighted by Crippen LogP contribution is 2.08. The fourth-order valence-electron chi connectivity index (χ4n) is 2.75. The number of amides is 1. The third-order valence-electron chi connectivity index (χ3n) is 4.50. The lowest BCUT2D eigenvalue weighted by Crippen LogP contribution is -2.30. The molecule has 0 rings (SSSR count). The van der Waals surface area contributed by atoms with Crippen molar-refractivity contribution in [2.24, 2.45) is 5.73 Å². The molecule has 152 valence electrons. The summed E-state index contributed by atoms with van der Waals surface area (Å²) >= 11 is 0. The first-order chi connectivity index (χ1) is 12.6. The molecule has 1 atom stereocenters. The van der Waals surface area contributed by atoms with Crippen LogP contribution in [0.15, 0.2) is 12.2 Å². The first-order valence-electron chi connectivity index (χ1n) is 10.5. The Morgan fingerprint density at radius 3 is 2.15 bits per heavy atom. The highest BCUT2D eigenvalue weighted by atomic mass is 16.4. The van der Waals surface area contributed by atoms with E-state index in [4.69, 9.17) is 10.8 Å². The molecule has 4 N–H and O–H groups in total. The standard InChI is InChI=1S/C21H40N2O3/c1-2-3-4-5-6-7-8-9-10-11-12-13-17-20(24)23-18-15-14-16-19(22)21(25)26/h7-8,19H,2-6,9-18,22H2,1H3,(H,23,24)(H,25,26)/b8-7+/t19-/m0/s1. The van der Waals surface area contributed by atoms with Crippen molar-refractivity contribution in [2.75, 3.05) is 6.54 Å². The van der Waals surface area contributed by atoms with Crippen LogP contribution in [0.4, 0.5) is 0 Å². The predicted octanol–water partition coefficient (Wildman–Crippen LogP) is 4.55. The molecule has 0 aliphatic carbocycles. The van der Waals surface area contributed by atoms with Crippen molar-refractivity contribution in [1.82, 2.24) is 5.32 Å². The van der Waals surface area contributed by atoms with Crippen LogP contribution in [-0.4, -0.2) is 29.6 Å². The quantitative estimate of drug-likeness (QED) is 0.244. The zero-order chi connectivity index (χ0) is 19.5. The van der Waals surface area contributed by atoms with E-state index < -0.39 is 12.0 Å². The van der Waals surface area contributed by atoms with Crippen LogP contribution in [-0.2, 0) is 9.59 Å². The third-order valence-corrected chi connectivity index (χ3v) is 4.50. The minimum Gasteiger partial charge on any atom is -0.480 e. The van der Waals surface area contributed by atoms with Gasteiger partial charge in [0.2, 0.25) is 5.91 Å². The summed E-state index contributed by atoms with van der Waals surface area (Å²) in [7, 11) is 0. The first kappa shape index (κ1) is 24.6. The summed E-state index contributed by atoms with van der Waals surface area (Å²) in [6, 6.07) is -0.790. The fraction of sp³-hybridized carbons (Fsp3) is 0.810. The van der Waals surface area contributed by atoms with Gasteiger partial charge in [-0.3, -0.25) is 9.59 Å². The van der Waals surface area contributed by atoms with Crippen LogP contribution < -0.4 is 11.1 Å². The minimum absolute atomic E-state index is 0.0968. The van der Waals surface area contributed by atoms with Gasteiger partial charge in [0.05, 0.1) is 0 Å². The number of carbonyl (C=O) groups is 2. The van der Waals surface area contributed by atoms with E-state index in [1.807, 2.05) is 0 Å². The number of aliphatic carboxylic acids is 1. The number of unbranched alkanes of at least 4 members (excludes halogenated alkanes) is 9. The molecule has 0 unspecified atom stereocenters. The summed E-state index contributed by atoms with van der Waals surface area (Å²) in [6.45, 7) is 2.84. The number of hydrogen-bond acceptors (Lipinski definition) is 3. The van der Waals surface area contributed by atoms with Gasteiger partial charge in [-0.2, -0.15) is 0 Å². The Morgan fingerprint density at radius 1 is 0.923 bits per heavy atom. The average molecular weight is 369 g/mol. The average Bonchev–Trinajstić information content (AvgIpc) is 2.62. The maximum absolute atomic E-state index is 11.7. The van der Waals surface area contributed by atoms with Gasteiger partial charge in [0.1, 0.15) is 6.04 Å². The maximum Gasteiger partial charge on any atom is 0.320 e. The smallest absolute Gasteiger partial charge is 0.320 e. The molecule has 0 saturated heterocycles. The van der Waals surface area contributed by atoms with Crippen molar-refractivity contribution in [3.63, 3.8) is 0 Å². The topological polar surface area (TPSA) is 92.4 Å². The van der Waals surface area contributed by atoms with Crippen LogP contribution in [0, 0.1) is 0 Å². The van der Waals surface area contributed by atoms with Crippen LogP contribution in [0.2, 0.25) is 0 Å². The third kappa shape index (κ3) is 17.5. The molecule has 0 bridgehead atoms. The number of hydrogen-bond donors (Lipinski definition) is 3. The number of nitrogens with one attached hydrogen (secondary N) is 1. The zero-order valence-electron chi connectivity index (χ0n) is 16.7.